The molecule has 0 saturated carbocycles. The van der Waals surface area contributed by atoms with Gasteiger partial charge in [-0.15, -0.1) is 0 Å². The first-order valence-corrected chi connectivity index (χ1v) is 7.66. The predicted molar refractivity (Wildman–Crippen MR) is 75.8 cm³/mol. The SMILES string of the molecule is Cc1ccc(S(N)(=O)=O)cc1NC(=O)CCn1cncn1. The van der Waals surface area contributed by atoms with Crippen molar-refractivity contribution < 1.29 is 13.2 Å². The Morgan fingerprint density at radius 2 is 2.19 bits per heavy atom. The summed E-state index contributed by atoms with van der Waals surface area (Å²) in [5, 5.41) is 11.6. The maximum atomic E-state index is 11.9. The van der Waals surface area contributed by atoms with Gasteiger partial charge >= 0.3 is 0 Å². The largest absolute Gasteiger partial charge is 0.326 e. The van der Waals surface area contributed by atoms with Crippen LogP contribution < -0.4 is 10.5 Å². The first-order valence-electron chi connectivity index (χ1n) is 6.12. The molecule has 0 spiro atoms. The summed E-state index contributed by atoms with van der Waals surface area (Å²) < 4.78 is 24.2. The number of amides is 1. The van der Waals surface area contributed by atoms with E-state index < -0.39 is 10.0 Å². The van der Waals surface area contributed by atoms with Crippen molar-refractivity contribution in [2.24, 2.45) is 5.14 Å². The molecule has 1 amide bonds. The maximum Gasteiger partial charge on any atom is 0.238 e. The summed E-state index contributed by atoms with van der Waals surface area (Å²) in [5.74, 6) is -0.250. The van der Waals surface area contributed by atoms with Crippen LogP contribution in [0.5, 0.6) is 0 Å². The number of primary sulfonamides is 1. The monoisotopic (exact) mass is 309 g/mol. The summed E-state index contributed by atoms with van der Waals surface area (Å²) >= 11 is 0. The second-order valence-electron chi connectivity index (χ2n) is 4.48. The van der Waals surface area contributed by atoms with Crippen molar-refractivity contribution in [2.45, 2.75) is 24.8 Å². The first kappa shape index (κ1) is 15.1. The van der Waals surface area contributed by atoms with Gasteiger partial charge in [-0.3, -0.25) is 9.48 Å². The van der Waals surface area contributed by atoms with Crippen LogP contribution in [0.1, 0.15) is 12.0 Å². The van der Waals surface area contributed by atoms with E-state index in [0.717, 1.165) is 5.56 Å². The van der Waals surface area contributed by atoms with Crippen LogP contribution in [0.4, 0.5) is 5.69 Å². The van der Waals surface area contributed by atoms with Crippen molar-refractivity contribution in [3.05, 3.63) is 36.4 Å². The molecular weight excluding hydrogens is 294 g/mol. The Labute approximate surface area is 122 Å². The summed E-state index contributed by atoms with van der Waals surface area (Å²) in [6.45, 7) is 2.15. The fourth-order valence-corrected chi connectivity index (χ4v) is 2.23. The number of aryl methyl sites for hydroxylation is 2. The fourth-order valence-electron chi connectivity index (χ4n) is 1.69. The van der Waals surface area contributed by atoms with Crippen LogP contribution in [0, 0.1) is 6.92 Å². The third kappa shape index (κ3) is 4.10. The molecule has 112 valence electrons. The van der Waals surface area contributed by atoms with E-state index >= 15 is 0 Å². The zero-order chi connectivity index (χ0) is 15.5. The van der Waals surface area contributed by atoms with Crippen molar-refractivity contribution in [2.75, 3.05) is 5.32 Å². The van der Waals surface area contributed by atoms with Gasteiger partial charge < -0.3 is 5.32 Å². The summed E-state index contributed by atoms with van der Waals surface area (Å²) in [5.41, 5.74) is 1.17. The van der Waals surface area contributed by atoms with Crippen LogP contribution in [0.25, 0.3) is 0 Å². The Hall–Kier alpha value is -2.26. The lowest BCUT2D eigenvalue weighted by atomic mass is 10.2. The third-order valence-electron chi connectivity index (χ3n) is 2.85. The molecule has 0 fully saturated rings. The molecule has 3 N–H and O–H groups in total. The van der Waals surface area contributed by atoms with Gasteiger partial charge in [0.05, 0.1) is 11.4 Å². The third-order valence-corrected chi connectivity index (χ3v) is 3.76. The average molecular weight is 309 g/mol. The smallest absolute Gasteiger partial charge is 0.238 e. The number of hydrogen-bond donors (Lipinski definition) is 2. The molecule has 1 heterocycles. The van der Waals surface area contributed by atoms with Crippen LogP contribution in [0.3, 0.4) is 0 Å². The van der Waals surface area contributed by atoms with Crippen LogP contribution >= 0.6 is 0 Å². The van der Waals surface area contributed by atoms with Crippen molar-refractivity contribution in [3.8, 4) is 0 Å². The highest BCUT2D eigenvalue weighted by Crippen LogP contribution is 2.19. The molecule has 0 aliphatic rings. The standard InChI is InChI=1S/C12H15N5O3S/c1-9-2-3-10(21(13,19)20)6-11(9)16-12(18)4-5-17-8-14-7-15-17/h2-3,6-8H,4-5H2,1H3,(H,16,18)(H2,13,19,20). The van der Waals surface area contributed by atoms with Gasteiger partial charge in [0.1, 0.15) is 12.7 Å². The zero-order valence-electron chi connectivity index (χ0n) is 11.4. The highest BCUT2D eigenvalue weighted by atomic mass is 32.2. The second kappa shape index (κ2) is 6.02. The number of nitrogens with zero attached hydrogens (tertiary/aromatic N) is 3. The molecule has 1 aromatic heterocycles. The lowest BCUT2D eigenvalue weighted by Crippen LogP contribution is -2.17. The minimum Gasteiger partial charge on any atom is -0.326 e. The highest BCUT2D eigenvalue weighted by molar-refractivity contribution is 7.89. The summed E-state index contributed by atoms with van der Waals surface area (Å²) in [6, 6.07) is 4.33. The van der Waals surface area contributed by atoms with E-state index in [0.29, 0.717) is 12.2 Å². The number of aromatic nitrogens is 3. The van der Waals surface area contributed by atoms with Crippen LogP contribution in [0.15, 0.2) is 35.7 Å². The van der Waals surface area contributed by atoms with Gasteiger partial charge in [-0.05, 0) is 24.6 Å². The van der Waals surface area contributed by atoms with E-state index in [-0.39, 0.29) is 17.2 Å². The highest BCUT2D eigenvalue weighted by Gasteiger charge is 2.11. The zero-order valence-corrected chi connectivity index (χ0v) is 12.2. The normalized spacial score (nSPS) is 11.3. The fraction of sp³-hybridized carbons (Fsp3) is 0.250. The maximum absolute atomic E-state index is 11.9. The first-order chi connectivity index (χ1) is 9.86. The van der Waals surface area contributed by atoms with Gasteiger partial charge in [0.25, 0.3) is 0 Å². The molecule has 9 heteroatoms. The van der Waals surface area contributed by atoms with E-state index in [9.17, 15) is 13.2 Å². The van der Waals surface area contributed by atoms with Gasteiger partial charge in [0.15, 0.2) is 0 Å². The second-order valence-corrected chi connectivity index (χ2v) is 6.04. The van der Waals surface area contributed by atoms with Gasteiger partial charge in [0, 0.05) is 12.1 Å². The van der Waals surface area contributed by atoms with Crippen LogP contribution in [-0.4, -0.2) is 29.1 Å². The van der Waals surface area contributed by atoms with Crippen molar-refractivity contribution >= 4 is 21.6 Å². The number of hydrogen-bond acceptors (Lipinski definition) is 5. The number of benzene rings is 1. The van der Waals surface area contributed by atoms with Crippen molar-refractivity contribution in [3.63, 3.8) is 0 Å². The van der Waals surface area contributed by atoms with Crippen molar-refractivity contribution in [1.82, 2.24) is 14.8 Å². The predicted octanol–water partition coefficient (Wildman–Crippen LogP) is 0.263. The molecular formula is C12H15N5O3S. The number of nitrogens with two attached hydrogens (primary N) is 1. The number of rotatable bonds is 5. The molecule has 21 heavy (non-hydrogen) atoms. The van der Waals surface area contributed by atoms with E-state index in [1.54, 1.807) is 13.0 Å². The summed E-state index contributed by atoms with van der Waals surface area (Å²) in [6.07, 6.45) is 3.10. The molecule has 0 radical (unpaired) electrons. The quantitative estimate of drug-likeness (QED) is 0.821. The Morgan fingerprint density at radius 3 is 2.81 bits per heavy atom. The summed E-state index contributed by atoms with van der Waals surface area (Å²) in [7, 11) is -3.80. The number of carbonyl (C=O) groups excluding carboxylic acids is 1. The van der Waals surface area contributed by atoms with E-state index in [1.807, 2.05) is 0 Å². The molecule has 8 nitrogen and oxygen atoms in total. The molecule has 1 aromatic carbocycles. The Balaban J connectivity index is 2.06. The van der Waals surface area contributed by atoms with Crippen LogP contribution in [-0.2, 0) is 21.4 Å². The molecule has 0 unspecified atom stereocenters. The van der Waals surface area contributed by atoms with E-state index in [2.05, 4.69) is 15.4 Å². The number of carbonyl (C=O) groups is 1. The van der Waals surface area contributed by atoms with Gasteiger partial charge in [-0.25, -0.2) is 18.5 Å². The van der Waals surface area contributed by atoms with Crippen molar-refractivity contribution in [1.29, 1.82) is 0 Å². The number of nitrogens with one attached hydrogen (secondary N) is 1. The molecule has 0 bridgehead atoms. The Bertz CT molecular complexity index is 740. The molecule has 2 rings (SSSR count). The summed E-state index contributed by atoms with van der Waals surface area (Å²) in [4.78, 5) is 15.6. The van der Waals surface area contributed by atoms with E-state index in [4.69, 9.17) is 5.14 Å². The topological polar surface area (TPSA) is 120 Å². The average Bonchev–Trinajstić information content (AvgIpc) is 2.91. The molecule has 2 aromatic rings. The minimum atomic E-state index is -3.80. The molecule has 0 aliphatic carbocycles. The number of anilines is 1. The lowest BCUT2D eigenvalue weighted by molar-refractivity contribution is -0.116. The lowest BCUT2D eigenvalue weighted by Gasteiger charge is -2.10. The molecule has 0 aliphatic heterocycles. The van der Waals surface area contributed by atoms with Gasteiger partial charge in [-0.2, -0.15) is 5.10 Å². The van der Waals surface area contributed by atoms with Gasteiger partial charge in [-0.1, -0.05) is 6.07 Å². The van der Waals surface area contributed by atoms with E-state index in [1.165, 1.54) is 29.5 Å². The molecule has 0 saturated heterocycles. The molecule has 0 atom stereocenters. The number of sulfonamides is 1. The van der Waals surface area contributed by atoms with Crippen LogP contribution in [0.2, 0.25) is 0 Å². The minimum absolute atomic E-state index is 0.0420. The Kier molecular flexibility index (Phi) is 4.34. The van der Waals surface area contributed by atoms with Gasteiger partial charge in [0.2, 0.25) is 15.9 Å². The Morgan fingerprint density at radius 1 is 1.43 bits per heavy atom.